The SMILES string of the molecule is O=[N+]([O-])[O-].O=[N+]([O-])[O-].OCCOCCN(Cc1ccccn1)Cc1ccccn1.[Ni+3]. The van der Waals surface area contributed by atoms with Gasteiger partial charge in [-0.25, -0.2) is 0 Å². The Morgan fingerprint density at radius 3 is 1.63 bits per heavy atom. The van der Waals surface area contributed by atoms with Crippen molar-refractivity contribution in [2.75, 3.05) is 26.4 Å². The summed E-state index contributed by atoms with van der Waals surface area (Å²) in [6.45, 7) is 3.29. The van der Waals surface area contributed by atoms with Crippen molar-refractivity contribution in [2.24, 2.45) is 0 Å². The molecule has 0 atom stereocenters. The predicted molar refractivity (Wildman–Crippen MR) is 101 cm³/mol. The van der Waals surface area contributed by atoms with Crippen molar-refractivity contribution >= 4 is 0 Å². The third kappa shape index (κ3) is 19.8. The molecule has 167 valence electrons. The molecule has 1 N–H and O–H groups in total. The van der Waals surface area contributed by atoms with E-state index in [1.165, 1.54) is 0 Å². The third-order valence-corrected chi connectivity index (χ3v) is 3.01. The molecule has 14 heteroatoms. The van der Waals surface area contributed by atoms with Gasteiger partial charge < -0.3 is 40.5 Å². The fourth-order valence-corrected chi connectivity index (χ4v) is 2.02. The van der Waals surface area contributed by atoms with Gasteiger partial charge >= 0.3 is 16.5 Å². The van der Waals surface area contributed by atoms with Crippen LogP contribution in [0.25, 0.3) is 0 Å². The van der Waals surface area contributed by atoms with Gasteiger partial charge in [0, 0.05) is 32.0 Å². The fourth-order valence-electron chi connectivity index (χ4n) is 2.02. The average molecular weight is 470 g/mol. The Hall–Kier alpha value is -2.93. The molecule has 0 aliphatic carbocycles. The minimum Gasteiger partial charge on any atom is -0.394 e. The molecule has 2 aromatic rings. The minimum atomic E-state index is -1.75. The maximum absolute atomic E-state index is 8.74. The summed E-state index contributed by atoms with van der Waals surface area (Å²) in [5.41, 5.74) is 2.05. The molecule has 0 bridgehead atoms. The second kappa shape index (κ2) is 19.4. The molecule has 13 nitrogen and oxygen atoms in total. The molecule has 0 aliphatic rings. The van der Waals surface area contributed by atoms with Crippen molar-refractivity contribution in [3.8, 4) is 0 Å². The molecule has 0 saturated heterocycles. The summed E-state index contributed by atoms with van der Waals surface area (Å²) in [5, 5.41) is 38.2. The zero-order valence-electron chi connectivity index (χ0n) is 15.7. The molecule has 0 aromatic carbocycles. The summed E-state index contributed by atoms with van der Waals surface area (Å²) in [6, 6.07) is 11.8. The second-order valence-corrected chi connectivity index (χ2v) is 5.14. The minimum absolute atomic E-state index is 0. The maximum Gasteiger partial charge on any atom is 3.00 e. The summed E-state index contributed by atoms with van der Waals surface area (Å²) in [6.07, 6.45) is 3.60. The summed E-state index contributed by atoms with van der Waals surface area (Å²) in [5.74, 6) is 0. The number of aliphatic hydroxyl groups excluding tert-OH is 1. The molecule has 0 aliphatic heterocycles. The Bertz CT molecular complexity index is 622. The molecule has 2 aromatic heterocycles. The molecular formula is C16H21N5NiO8+. The van der Waals surface area contributed by atoms with Gasteiger partial charge in [-0.2, -0.15) is 0 Å². The van der Waals surface area contributed by atoms with Gasteiger partial charge in [-0.1, -0.05) is 12.1 Å². The van der Waals surface area contributed by atoms with Crippen LogP contribution in [0.2, 0.25) is 0 Å². The monoisotopic (exact) mass is 469 g/mol. The van der Waals surface area contributed by atoms with Crippen LogP contribution in [0.4, 0.5) is 0 Å². The first kappa shape index (κ1) is 29.3. The van der Waals surface area contributed by atoms with E-state index in [1.807, 2.05) is 36.4 Å². The van der Waals surface area contributed by atoms with E-state index >= 15 is 0 Å². The number of hydrogen-bond donors (Lipinski definition) is 1. The molecule has 0 fully saturated rings. The third-order valence-electron chi connectivity index (χ3n) is 3.01. The molecule has 0 amide bonds. The van der Waals surface area contributed by atoms with Crippen molar-refractivity contribution in [3.63, 3.8) is 0 Å². The van der Waals surface area contributed by atoms with Crippen LogP contribution >= 0.6 is 0 Å². The molecule has 30 heavy (non-hydrogen) atoms. The Morgan fingerprint density at radius 2 is 1.30 bits per heavy atom. The quantitative estimate of drug-likeness (QED) is 0.238. The van der Waals surface area contributed by atoms with Crippen LogP contribution in [0.15, 0.2) is 48.8 Å². The van der Waals surface area contributed by atoms with E-state index in [4.69, 9.17) is 40.5 Å². The molecule has 0 unspecified atom stereocenters. The van der Waals surface area contributed by atoms with Crippen LogP contribution in [0.3, 0.4) is 0 Å². The van der Waals surface area contributed by atoms with Crippen molar-refractivity contribution in [1.82, 2.24) is 14.9 Å². The van der Waals surface area contributed by atoms with Gasteiger partial charge in [0.15, 0.2) is 0 Å². The Balaban J connectivity index is 0. The first-order valence-electron chi connectivity index (χ1n) is 8.19. The number of pyridine rings is 2. The number of nitrogens with zero attached hydrogens (tertiary/aromatic N) is 5. The van der Waals surface area contributed by atoms with Gasteiger partial charge in [0.2, 0.25) is 0 Å². The van der Waals surface area contributed by atoms with Crippen LogP contribution in [-0.4, -0.2) is 56.5 Å². The second-order valence-electron chi connectivity index (χ2n) is 5.14. The van der Waals surface area contributed by atoms with Crippen LogP contribution in [0, 0.1) is 30.6 Å². The van der Waals surface area contributed by atoms with E-state index in [1.54, 1.807) is 12.4 Å². The van der Waals surface area contributed by atoms with Crippen LogP contribution in [-0.2, 0) is 34.3 Å². The number of aliphatic hydroxyl groups is 1. The standard InChI is InChI=1S/C16H21N3O2.2NO3.Ni/c20-10-12-21-11-9-19(13-15-5-1-3-7-17-15)14-16-6-2-4-8-18-16;2*2-1(3)4;/h1-8,20H,9-14H2;;;/q;2*-1;+3. The summed E-state index contributed by atoms with van der Waals surface area (Å²) in [4.78, 5) is 27.5. The first-order valence-corrected chi connectivity index (χ1v) is 8.19. The number of aromatic nitrogens is 2. The van der Waals surface area contributed by atoms with Crippen molar-refractivity contribution in [1.29, 1.82) is 0 Å². The number of rotatable bonds is 9. The fraction of sp³-hybridized carbons (Fsp3) is 0.375. The predicted octanol–water partition coefficient (Wildman–Crippen LogP) is 1.01. The van der Waals surface area contributed by atoms with Gasteiger partial charge in [-0.05, 0) is 24.3 Å². The topological polar surface area (TPSA) is 191 Å². The van der Waals surface area contributed by atoms with E-state index in [2.05, 4.69) is 14.9 Å². The first-order chi connectivity index (χ1) is 13.8. The van der Waals surface area contributed by atoms with Crippen molar-refractivity contribution in [2.45, 2.75) is 13.1 Å². The molecule has 0 saturated carbocycles. The van der Waals surface area contributed by atoms with E-state index in [0.29, 0.717) is 13.2 Å². The van der Waals surface area contributed by atoms with Gasteiger partial charge in [0.05, 0.1) is 41.4 Å². The number of hydrogen-bond acceptors (Lipinski definition) is 11. The normalized spacial score (nSPS) is 9.27. The maximum atomic E-state index is 8.74. The Kier molecular flexibility index (Phi) is 18.9. The van der Waals surface area contributed by atoms with Gasteiger partial charge in [-0.3, -0.25) is 14.9 Å². The van der Waals surface area contributed by atoms with Crippen LogP contribution in [0.5, 0.6) is 0 Å². The summed E-state index contributed by atoms with van der Waals surface area (Å²) < 4.78 is 5.36. The van der Waals surface area contributed by atoms with Gasteiger partial charge in [-0.15, -0.1) is 0 Å². The van der Waals surface area contributed by atoms with E-state index < -0.39 is 10.2 Å². The van der Waals surface area contributed by atoms with E-state index in [-0.39, 0.29) is 23.1 Å². The summed E-state index contributed by atoms with van der Waals surface area (Å²) in [7, 11) is 0. The molecule has 2 rings (SSSR count). The Morgan fingerprint density at radius 1 is 0.867 bits per heavy atom. The van der Waals surface area contributed by atoms with E-state index in [0.717, 1.165) is 31.0 Å². The van der Waals surface area contributed by atoms with E-state index in [9.17, 15) is 0 Å². The van der Waals surface area contributed by atoms with Crippen molar-refractivity contribution < 1.29 is 36.5 Å². The molecular weight excluding hydrogens is 449 g/mol. The van der Waals surface area contributed by atoms with Gasteiger partial charge in [0.1, 0.15) is 0 Å². The largest absolute Gasteiger partial charge is 3.00 e. The molecule has 2 heterocycles. The smallest absolute Gasteiger partial charge is 0.394 e. The zero-order valence-corrected chi connectivity index (χ0v) is 16.7. The Labute approximate surface area is 182 Å². The molecule has 1 radical (unpaired) electrons. The summed E-state index contributed by atoms with van der Waals surface area (Å²) >= 11 is 0. The van der Waals surface area contributed by atoms with Gasteiger partial charge in [0.25, 0.3) is 0 Å². The van der Waals surface area contributed by atoms with Crippen molar-refractivity contribution in [3.05, 3.63) is 90.8 Å². The number of ether oxygens (including phenoxy) is 1. The van der Waals surface area contributed by atoms with Crippen LogP contribution < -0.4 is 0 Å². The van der Waals surface area contributed by atoms with Crippen LogP contribution in [0.1, 0.15) is 11.4 Å². The average Bonchev–Trinajstić information content (AvgIpc) is 2.66. The molecule has 0 spiro atoms. The zero-order chi connectivity index (χ0) is 21.9.